The zero-order chi connectivity index (χ0) is 24.2. The van der Waals surface area contributed by atoms with Crippen LogP contribution < -0.4 is 11.1 Å². The maximum atomic E-state index is 12.0. The van der Waals surface area contributed by atoms with Gasteiger partial charge in [-0.1, -0.05) is 86.0 Å². The SMILES string of the molecule is CCCCCCCCCCCC(=O)NCCCC[C@H](N)C(=O)OCCC(C)CC(C)(C)C. The third kappa shape index (κ3) is 20.8. The molecule has 2 atom stereocenters. The second-order valence-corrected chi connectivity index (χ2v) is 10.9. The lowest BCUT2D eigenvalue weighted by molar-refractivity contribution is -0.145. The van der Waals surface area contributed by atoms with Crippen molar-refractivity contribution in [2.24, 2.45) is 17.1 Å². The maximum Gasteiger partial charge on any atom is 0.322 e. The molecule has 5 nitrogen and oxygen atoms in total. The Morgan fingerprint density at radius 2 is 1.47 bits per heavy atom. The number of nitrogens with two attached hydrogens (primary N) is 1. The van der Waals surface area contributed by atoms with E-state index in [1.807, 2.05) is 0 Å². The van der Waals surface area contributed by atoms with Crippen molar-refractivity contribution in [2.75, 3.05) is 13.2 Å². The summed E-state index contributed by atoms with van der Waals surface area (Å²) < 4.78 is 5.35. The van der Waals surface area contributed by atoms with Crippen LogP contribution in [0.25, 0.3) is 0 Å². The first-order valence-corrected chi connectivity index (χ1v) is 13.3. The highest BCUT2D eigenvalue weighted by Crippen LogP contribution is 2.25. The van der Waals surface area contributed by atoms with E-state index in [-0.39, 0.29) is 11.9 Å². The molecule has 0 aliphatic heterocycles. The molecule has 0 saturated carbocycles. The summed E-state index contributed by atoms with van der Waals surface area (Å²) in [5.74, 6) is 0.363. The third-order valence-corrected chi connectivity index (χ3v) is 5.89. The lowest BCUT2D eigenvalue weighted by Gasteiger charge is -2.23. The molecule has 0 aromatic rings. The van der Waals surface area contributed by atoms with Crippen LogP contribution in [0, 0.1) is 11.3 Å². The molecule has 0 rings (SSSR count). The summed E-state index contributed by atoms with van der Waals surface area (Å²) in [7, 11) is 0. The van der Waals surface area contributed by atoms with Gasteiger partial charge in [-0.15, -0.1) is 0 Å². The van der Waals surface area contributed by atoms with E-state index in [1.165, 1.54) is 44.9 Å². The summed E-state index contributed by atoms with van der Waals surface area (Å²) in [6, 6.07) is -0.564. The molecule has 0 radical (unpaired) electrons. The normalized spacial score (nSPS) is 13.6. The first-order valence-electron chi connectivity index (χ1n) is 13.3. The van der Waals surface area contributed by atoms with Gasteiger partial charge in [-0.2, -0.15) is 0 Å². The Labute approximate surface area is 199 Å². The van der Waals surface area contributed by atoms with E-state index in [9.17, 15) is 9.59 Å². The molecule has 0 saturated heterocycles. The molecule has 0 aromatic heterocycles. The fraction of sp³-hybridized carbons (Fsp3) is 0.926. The van der Waals surface area contributed by atoms with Gasteiger partial charge in [0.05, 0.1) is 6.61 Å². The highest BCUT2D eigenvalue weighted by molar-refractivity contribution is 5.76. The van der Waals surface area contributed by atoms with Crippen LogP contribution in [-0.4, -0.2) is 31.1 Å². The summed E-state index contributed by atoms with van der Waals surface area (Å²) in [5.41, 5.74) is 6.25. The van der Waals surface area contributed by atoms with Crippen molar-refractivity contribution >= 4 is 11.9 Å². The fourth-order valence-corrected chi connectivity index (χ4v) is 4.13. The summed E-state index contributed by atoms with van der Waals surface area (Å²) in [5, 5.41) is 2.98. The van der Waals surface area contributed by atoms with Gasteiger partial charge in [0.15, 0.2) is 0 Å². The van der Waals surface area contributed by atoms with Crippen LogP contribution in [0.1, 0.15) is 131 Å². The van der Waals surface area contributed by atoms with Gasteiger partial charge in [0.1, 0.15) is 6.04 Å². The summed E-state index contributed by atoms with van der Waals surface area (Å²) in [4.78, 5) is 23.9. The Bertz CT molecular complexity index is 474. The van der Waals surface area contributed by atoms with Crippen LogP contribution >= 0.6 is 0 Å². The Balaban J connectivity index is 3.57. The van der Waals surface area contributed by atoms with E-state index in [2.05, 4.69) is 39.9 Å². The van der Waals surface area contributed by atoms with Gasteiger partial charge in [-0.05, 0) is 49.9 Å². The van der Waals surface area contributed by atoms with Crippen molar-refractivity contribution in [3.8, 4) is 0 Å². The van der Waals surface area contributed by atoms with Crippen molar-refractivity contribution < 1.29 is 14.3 Å². The fourth-order valence-electron chi connectivity index (χ4n) is 4.13. The van der Waals surface area contributed by atoms with E-state index >= 15 is 0 Å². The van der Waals surface area contributed by atoms with Gasteiger partial charge >= 0.3 is 5.97 Å². The van der Waals surface area contributed by atoms with E-state index in [1.54, 1.807) is 0 Å². The first-order chi connectivity index (χ1) is 15.2. The predicted molar refractivity (Wildman–Crippen MR) is 135 cm³/mol. The molecule has 0 spiro atoms. The molecule has 0 bridgehead atoms. The Kier molecular flexibility index (Phi) is 18.7. The van der Waals surface area contributed by atoms with Gasteiger partial charge in [0, 0.05) is 13.0 Å². The Hall–Kier alpha value is -1.10. The highest BCUT2D eigenvalue weighted by Gasteiger charge is 2.17. The average molecular weight is 455 g/mol. The van der Waals surface area contributed by atoms with Crippen LogP contribution in [0.2, 0.25) is 0 Å². The number of carbonyl (C=O) groups is 2. The largest absolute Gasteiger partial charge is 0.465 e. The van der Waals surface area contributed by atoms with Crippen molar-refractivity contribution in [1.82, 2.24) is 5.32 Å². The van der Waals surface area contributed by atoms with Crippen LogP contribution in [0.3, 0.4) is 0 Å². The van der Waals surface area contributed by atoms with Gasteiger partial charge < -0.3 is 15.8 Å². The lowest BCUT2D eigenvalue weighted by Crippen LogP contribution is -2.33. The molecule has 5 heteroatoms. The number of hydrogen-bond donors (Lipinski definition) is 2. The quantitative estimate of drug-likeness (QED) is 0.162. The van der Waals surface area contributed by atoms with Crippen molar-refractivity contribution in [2.45, 2.75) is 137 Å². The Morgan fingerprint density at radius 3 is 2.06 bits per heavy atom. The molecular formula is C27H54N2O3. The van der Waals surface area contributed by atoms with Crippen molar-refractivity contribution in [1.29, 1.82) is 0 Å². The summed E-state index contributed by atoms with van der Waals surface area (Å²) >= 11 is 0. The minimum atomic E-state index is -0.564. The molecule has 0 aliphatic carbocycles. The molecule has 0 aliphatic rings. The predicted octanol–water partition coefficient (Wildman–Crippen LogP) is 6.53. The second kappa shape index (κ2) is 19.4. The van der Waals surface area contributed by atoms with Gasteiger partial charge in [0.2, 0.25) is 5.91 Å². The van der Waals surface area contributed by atoms with Crippen LogP contribution in [-0.2, 0) is 14.3 Å². The molecule has 1 amide bonds. The number of hydrogen-bond acceptors (Lipinski definition) is 4. The highest BCUT2D eigenvalue weighted by atomic mass is 16.5. The average Bonchev–Trinajstić information content (AvgIpc) is 2.70. The van der Waals surface area contributed by atoms with Crippen LogP contribution in [0.4, 0.5) is 0 Å². The number of esters is 1. The van der Waals surface area contributed by atoms with Crippen molar-refractivity contribution in [3.05, 3.63) is 0 Å². The van der Waals surface area contributed by atoms with E-state index in [0.29, 0.717) is 37.3 Å². The molecule has 3 N–H and O–H groups in total. The molecule has 0 fully saturated rings. The summed E-state index contributed by atoms with van der Waals surface area (Å²) in [6.07, 6.45) is 16.2. The topological polar surface area (TPSA) is 81.4 Å². The Morgan fingerprint density at radius 1 is 0.875 bits per heavy atom. The third-order valence-electron chi connectivity index (χ3n) is 5.89. The lowest BCUT2D eigenvalue weighted by atomic mass is 9.84. The molecule has 0 heterocycles. The van der Waals surface area contributed by atoms with Crippen molar-refractivity contribution in [3.63, 3.8) is 0 Å². The molecule has 32 heavy (non-hydrogen) atoms. The van der Waals surface area contributed by atoms with Gasteiger partial charge in [0.25, 0.3) is 0 Å². The molecule has 0 aromatic carbocycles. The number of carbonyl (C=O) groups excluding carboxylic acids is 2. The van der Waals surface area contributed by atoms with Gasteiger partial charge in [-0.3, -0.25) is 9.59 Å². The number of ether oxygens (including phenoxy) is 1. The zero-order valence-electron chi connectivity index (χ0n) is 22.0. The molecule has 190 valence electrons. The zero-order valence-corrected chi connectivity index (χ0v) is 22.0. The molecule has 1 unspecified atom stereocenters. The minimum Gasteiger partial charge on any atom is -0.465 e. The molecular weight excluding hydrogens is 400 g/mol. The number of unbranched alkanes of at least 4 members (excludes halogenated alkanes) is 9. The van der Waals surface area contributed by atoms with Crippen LogP contribution in [0.5, 0.6) is 0 Å². The van der Waals surface area contributed by atoms with Gasteiger partial charge in [-0.25, -0.2) is 0 Å². The summed E-state index contributed by atoms with van der Waals surface area (Å²) in [6.45, 7) is 12.2. The standard InChI is InChI=1S/C27H54N2O3/c1-6-7-8-9-10-11-12-13-14-18-25(30)29-20-16-15-17-24(28)26(31)32-21-19-23(2)22-27(3,4)5/h23-24H,6-22,28H2,1-5H3,(H,29,30)/t23?,24-/m0/s1. The smallest absolute Gasteiger partial charge is 0.322 e. The minimum absolute atomic E-state index is 0.140. The van der Waals surface area contributed by atoms with Crippen LogP contribution in [0.15, 0.2) is 0 Å². The second-order valence-electron chi connectivity index (χ2n) is 10.9. The van der Waals surface area contributed by atoms with E-state index in [4.69, 9.17) is 10.5 Å². The van der Waals surface area contributed by atoms with E-state index in [0.717, 1.165) is 38.5 Å². The maximum absolute atomic E-state index is 12.0. The number of nitrogens with one attached hydrogen (secondary N) is 1. The number of rotatable bonds is 20. The van der Waals surface area contributed by atoms with E-state index < -0.39 is 6.04 Å². The number of amides is 1. The first kappa shape index (κ1) is 30.9. The monoisotopic (exact) mass is 454 g/mol.